The number of thioether (sulfide) groups is 1. The minimum atomic E-state index is 0.762. The van der Waals surface area contributed by atoms with E-state index >= 15 is 0 Å². The zero-order valence-electron chi connectivity index (χ0n) is 8.57. The second-order valence-electron chi connectivity index (χ2n) is 3.88. The number of nitrogen functional groups attached to an aromatic ring is 1. The summed E-state index contributed by atoms with van der Waals surface area (Å²) in [7, 11) is 1.90. The van der Waals surface area contributed by atoms with Crippen LogP contribution in [0.3, 0.4) is 0 Å². The molecule has 2 rings (SSSR count). The standard InChI is InChI=1S/C10H17N3S/c1-13-10(11)7-8(12-13)6-9-4-2-3-5-14-9/h7,9H,2-6,11H2,1H3. The van der Waals surface area contributed by atoms with E-state index in [4.69, 9.17) is 5.73 Å². The summed E-state index contributed by atoms with van der Waals surface area (Å²) in [5.74, 6) is 2.08. The van der Waals surface area contributed by atoms with Gasteiger partial charge in [-0.1, -0.05) is 6.42 Å². The van der Waals surface area contributed by atoms with Crippen molar-refractivity contribution in [1.82, 2.24) is 9.78 Å². The second kappa shape index (κ2) is 4.26. The normalized spacial score (nSPS) is 22.5. The molecule has 1 aliphatic heterocycles. The molecule has 4 heteroatoms. The van der Waals surface area contributed by atoms with Gasteiger partial charge in [0, 0.05) is 24.8 Å². The fraction of sp³-hybridized carbons (Fsp3) is 0.700. The van der Waals surface area contributed by atoms with Gasteiger partial charge in [-0.3, -0.25) is 4.68 Å². The van der Waals surface area contributed by atoms with Gasteiger partial charge in [0.2, 0.25) is 0 Å². The van der Waals surface area contributed by atoms with E-state index in [0.29, 0.717) is 0 Å². The molecule has 0 aliphatic carbocycles. The van der Waals surface area contributed by atoms with Crippen LogP contribution in [0.1, 0.15) is 25.0 Å². The van der Waals surface area contributed by atoms with Crippen molar-refractivity contribution in [1.29, 1.82) is 0 Å². The summed E-state index contributed by atoms with van der Waals surface area (Å²) in [6.45, 7) is 0. The number of aromatic nitrogens is 2. The fourth-order valence-corrected chi connectivity index (χ4v) is 3.17. The Kier molecular flexibility index (Phi) is 3.01. The van der Waals surface area contributed by atoms with Gasteiger partial charge in [0.15, 0.2) is 0 Å². The largest absolute Gasteiger partial charge is 0.384 e. The Morgan fingerprint density at radius 3 is 3.07 bits per heavy atom. The first-order valence-electron chi connectivity index (χ1n) is 5.15. The first-order valence-corrected chi connectivity index (χ1v) is 6.20. The Bertz CT molecular complexity index is 283. The Labute approximate surface area is 89.1 Å². The average molecular weight is 211 g/mol. The van der Waals surface area contributed by atoms with E-state index in [9.17, 15) is 0 Å². The van der Waals surface area contributed by atoms with Crippen LogP contribution in [0.4, 0.5) is 5.82 Å². The predicted octanol–water partition coefficient (Wildman–Crippen LogP) is 1.83. The number of anilines is 1. The van der Waals surface area contributed by atoms with Crippen LogP contribution >= 0.6 is 11.8 Å². The highest BCUT2D eigenvalue weighted by molar-refractivity contribution is 7.99. The molecule has 1 aliphatic rings. The maximum atomic E-state index is 5.74. The van der Waals surface area contributed by atoms with Gasteiger partial charge < -0.3 is 5.73 Å². The molecule has 1 atom stereocenters. The molecule has 0 saturated carbocycles. The van der Waals surface area contributed by atoms with Crippen LogP contribution in [0.5, 0.6) is 0 Å². The summed E-state index contributed by atoms with van der Waals surface area (Å²) < 4.78 is 1.75. The van der Waals surface area contributed by atoms with E-state index in [1.165, 1.54) is 25.0 Å². The van der Waals surface area contributed by atoms with Crippen molar-refractivity contribution in [3.63, 3.8) is 0 Å². The minimum absolute atomic E-state index is 0.762. The maximum absolute atomic E-state index is 5.74. The first kappa shape index (κ1) is 9.90. The molecule has 2 N–H and O–H groups in total. The van der Waals surface area contributed by atoms with Gasteiger partial charge in [-0.2, -0.15) is 16.9 Å². The molecular weight excluding hydrogens is 194 g/mol. The number of nitrogens with zero attached hydrogens (tertiary/aromatic N) is 2. The highest BCUT2D eigenvalue weighted by Crippen LogP contribution is 2.27. The van der Waals surface area contributed by atoms with Crippen molar-refractivity contribution < 1.29 is 0 Å². The van der Waals surface area contributed by atoms with Gasteiger partial charge >= 0.3 is 0 Å². The van der Waals surface area contributed by atoms with Crippen LogP contribution < -0.4 is 5.73 Å². The molecule has 1 aromatic rings. The average Bonchev–Trinajstić information content (AvgIpc) is 2.47. The van der Waals surface area contributed by atoms with Crippen LogP contribution in [0.25, 0.3) is 0 Å². The summed E-state index contributed by atoms with van der Waals surface area (Å²) in [6, 6.07) is 2.00. The van der Waals surface area contributed by atoms with Gasteiger partial charge in [-0.05, 0) is 18.6 Å². The molecule has 78 valence electrons. The van der Waals surface area contributed by atoms with E-state index in [2.05, 4.69) is 16.9 Å². The number of aryl methyl sites for hydroxylation is 1. The number of hydrogen-bond donors (Lipinski definition) is 1. The molecule has 3 nitrogen and oxygen atoms in total. The summed E-state index contributed by atoms with van der Waals surface area (Å²) >= 11 is 2.08. The molecule has 0 amide bonds. The third-order valence-corrected chi connectivity index (χ3v) is 4.08. The fourth-order valence-electron chi connectivity index (χ4n) is 1.84. The van der Waals surface area contributed by atoms with Crippen LogP contribution in [0.2, 0.25) is 0 Å². The number of rotatable bonds is 2. The lowest BCUT2D eigenvalue weighted by molar-refractivity contribution is 0.646. The molecule has 2 heterocycles. The van der Waals surface area contributed by atoms with Gasteiger partial charge in [-0.25, -0.2) is 0 Å². The van der Waals surface area contributed by atoms with Crippen LogP contribution in [-0.2, 0) is 13.5 Å². The molecule has 14 heavy (non-hydrogen) atoms. The smallest absolute Gasteiger partial charge is 0.121 e. The lowest BCUT2D eigenvalue weighted by atomic mass is 10.1. The molecule has 0 bridgehead atoms. The molecule has 0 radical (unpaired) electrons. The van der Waals surface area contributed by atoms with Crippen LogP contribution in [-0.4, -0.2) is 20.8 Å². The van der Waals surface area contributed by atoms with Gasteiger partial charge in [0.05, 0.1) is 5.69 Å². The van der Waals surface area contributed by atoms with Crippen molar-refractivity contribution in [2.75, 3.05) is 11.5 Å². The minimum Gasteiger partial charge on any atom is -0.384 e. The highest BCUT2D eigenvalue weighted by Gasteiger charge is 2.15. The molecular formula is C10H17N3S. The van der Waals surface area contributed by atoms with E-state index < -0.39 is 0 Å². The first-order chi connectivity index (χ1) is 6.75. The molecule has 1 unspecified atom stereocenters. The topological polar surface area (TPSA) is 43.8 Å². The van der Waals surface area contributed by atoms with Crippen LogP contribution in [0, 0.1) is 0 Å². The zero-order chi connectivity index (χ0) is 9.97. The van der Waals surface area contributed by atoms with Crippen molar-refractivity contribution in [3.05, 3.63) is 11.8 Å². The lowest BCUT2D eigenvalue weighted by Crippen LogP contribution is -2.12. The summed E-state index contributed by atoms with van der Waals surface area (Å²) in [5, 5.41) is 5.14. The molecule has 1 fully saturated rings. The molecule has 0 aromatic carbocycles. The summed E-state index contributed by atoms with van der Waals surface area (Å²) in [4.78, 5) is 0. The summed E-state index contributed by atoms with van der Waals surface area (Å²) in [6.07, 6.45) is 5.17. The number of nitrogens with two attached hydrogens (primary N) is 1. The van der Waals surface area contributed by atoms with Crippen molar-refractivity contribution in [2.45, 2.75) is 30.9 Å². The van der Waals surface area contributed by atoms with E-state index in [1.807, 2.05) is 13.1 Å². The van der Waals surface area contributed by atoms with E-state index in [-0.39, 0.29) is 0 Å². The van der Waals surface area contributed by atoms with Gasteiger partial charge in [-0.15, -0.1) is 0 Å². The third-order valence-electron chi connectivity index (χ3n) is 2.68. The van der Waals surface area contributed by atoms with Crippen molar-refractivity contribution >= 4 is 17.6 Å². The quantitative estimate of drug-likeness (QED) is 0.811. The lowest BCUT2D eigenvalue weighted by Gasteiger charge is -2.19. The van der Waals surface area contributed by atoms with Gasteiger partial charge in [0.25, 0.3) is 0 Å². The summed E-state index contributed by atoms with van der Waals surface area (Å²) in [5.41, 5.74) is 6.88. The SMILES string of the molecule is Cn1nc(CC2CCCCS2)cc1N. The van der Waals surface area contributed by atoms with Crippen LogP contribution in [0.15, 0.2) is 6.07 Å². The number of hydrogen-bond acceptors (Lipinski definition) is 3. The van der Waals surface area contributed by atoms with E-state index in [0.717, 1.165) is 23.2 Å². The predicted molar refractivity (Wildman–Crippen MR) is 61.4 cm³/mol. The highest BCUT2D eigenvalue weighted by atomic mass is 32.2. The van der Waals surface area contributed by atoms with Gasteiger partial charge in [0.1, 0.15) is 5.82 Å². The zero-order valence-corrected chi connectivity index (χ0v) is 9.39. The second-order valence-corrected chi connectivity index (χ2v) is 5.29. The maximum Gasteiger partial charge on any atom is 0.121 e. The Morgan fingerprint density at radius 1 is 1.64 bits per heavy atom. The van der Waals surface area contributed by atoms with Crippen molar-refractivity contribution in [2.24, 2.45) is 7.05 Å². The monoisotopic (exact) mass is 211 g/mol. The van der Waals surface area contributed by atoms with E-state index in [1.54, 1.807) is 4.68 Å². The Morgan fingerprint density at radius 2 is 2.50 bits per heavy atom. The Hall–Kier alpha value is -0.640. The van der Waals surface area contributed by atoms with Crippen molar-refractivity contribution in [3.8, 4) is 0 Å². The molecule has 1 aromatic heterocycles. The third kappa shape index (κ3) is 2.23. The molecule has 0 spiro atoms. The Balaban J connectivity index is 1.95. The molecule has 1 saturated heterocycles.